The zero-order valence-corrected chi connectivity index (χ0v) is 9.87. The molecule has 80 valence electrons. The Hall–Kier alpha value is -0.0900. The molecule has 1 saturated heterocycles. The fraction of sp³-hybridized carbons (Fsp3) is 0.900. The van der Waals surface area contributed by atoms with Crippen LogP contribution in [0.4, 0.5) is 0 Å². The summed E-state index contributed by atoms with van der Waals surface area (Å²) in [6.07, 6.45) is 5.24. The van der Waals surface area contributed by atoms with Crippen LogP contribution in [0.2, 0.25) is 0 Å². The molecular weight excluding hydrogens is 244 g/mol. The Balaban J connectivity index is 2.02. The summed E-state index contributed by atoms with van der Waals surface area (Å²) >= 11 is 3.50. The molecule has 0 radical (unpaired) electrons. The van der Waals surface area contributed by atoms with Crippen molar-refractivity contribution in [1.82, 2.24) is 4.90 Å². The molecule has 1 aliphatic heterocycles. The minimum Gasteiger partial charge on any atom is -0.337 e. The first kappa shape index (κ1) is 10.4. The van der Waals surface area contributed by atoms with Crippen molar-refractivity contribution < 1.29 is 4.79 Å². The lowest BCUT2D eigenvalue weighted by Gasteiger charge is -2.35. The molecule has 2 fully saturated rings. The number of nitrogens with zero attached hydrogens (tertiary/aromatic N) is 1. The molecule has 0 aromatic rings. The lowest BCUT2D eigenvalue weighted by Crippen LogP contribution is -2.50. The van der Waals surface area contributed by atoms with E-state index in [1.165, 1.54) is 12.8 Å². The van der Waals surface area contributed by atoms with Gasteiger partial charge in [0.15, 0.2) is 0 Å². The molecule has 1 saturated carbocycles. The number of nitrogens with two attached hydrogens (primary N) is 1. The highest BCUT2D eigenvalue weighted by Crippen LogP contribution is 2.27. The van der Waals surface area contributed by atoms with Gasteiger partial charge in [-0.3, -0.25) is 4.79 Å². The normalized spacial score (nSPS) is 39.1. The minimum atomic E-state index is 0.200. The SMILES string of the molecule is N[C@@H]1CCCC[C@@H]1N1CC(Br)CC1=O. The van der Waals surface area contributed by atoms with Gasteiger partial charge in [0, 0.05) is 29.9 Å². The Bertz CT molecular complexity index is 234. The number of rotatable bonds is 1. The van der Waals surface area contributed by atoms with Crippen LogP contribution in [-0.4, -0.2) is 34.3 Å². The van der Waals surface area contributed by atoms with Crippen molar-refractivity contribution in [3.05, 3.63) is 0 Å². The lowest BCUT2D eigenvalue weighted by molar-refractivity contribution is -0.130. The van der Waals surface area contributed by atoms with E-state index in [-0.39, 0.29) is 11.9 Å². The third kappa shape index (κ3) is 1.96. The van der Waals surface area contributed by atoms with Crippen LogP contribution in [0.3, 0.4) is 0 Å². The van der Waals surface area contributed by atoms with E-state index < -0.39 is 0 Å². The Morgan fingerprint density at radius 2 is 2.07 bits per heavy atom. The first-order valence-electron chi connectivity index (χ1n) is 5.37. The topological polar surface area (TPSA) is 46.3 Å². The Morgan fingerprint density at radius 1 is 1.36 bits per heavy atom. The molecule has 0 bridgehead atoms. The van der Waals surface area contributed by atoms with Gasteiger partial charge in [0.25, 0.3) is 0 Å². The van der Waals surface area contributed by atoms with Gasteiger partial charge in [0.2, 0.25) is 5.91 Å². The van der Waals surface area contributed by atoms with E-state index in [0.29, 0.717) is 17.3 Å². The summed E-state index contributed by atoms with van der Waals surface area (Å²) in [6, 6.07) is 0.504. The fourth-order valence-electron chi connectivity index (χ4n) is 2.53. The monoisotopic (exact) mass is 260 g/mol. The summed E-state index contributed by atoms with van der Waals surface area (Å²) in [5.74, 6) is 0.272. The van der Waals surface area contributed by atoms with E-state index >= 15 is 0 Å². The highest BCUT2D eigenvalue weighted by Gasteiger charge is 2.36. The number of halogens is 1. The number of amides is 1. The van der Waals surface area contributed by atoms with Crippen LogP contribution in [-0.2, 0) is 4.79 Å². The number of carbonyl (C=O) groups excluding carboxylic acids is 1. The quantitative estimate of drug-likeness (QED) is 0.722. The second-order valence-corrected chi connectivity index (χ2v) is 5.66. The van der Waals surface area contributed by atoms with Crippen molar-refractivity contribution in [2.75, 3.05) is 6.54 Å². The van der Waals surface area contributed by atoms with Crippen LogP contribution in [0.5, 0.6) is 0 Å². The number of hydrogen-bond donors (Lipinski definition) is 1. The van der Waals surface area contributed by atoms with Crippen LogP contribution in [0.1, 0.15) is 32.1 Å². The third-order valence-electron chi connectivity index (χ3n) is 3.29. The molecule has 4 heteroatoms. The van der Waals surface area contributed by atoms with E-state index in [0.717, 1.165) is 19.4 Å². The number of carbonyl (C=O) groups is 1. The Kier molecular flexibility index (Phi) is 3.12. The predicted octanol–water partition coefficient (Wildman–Crippen LogP) is 1.25. The molecule has 2 N–H and O–H groups in total. The molecule has 14 heavy (non-hydrogen) atoms. The van der Waals surface area contributed by atoms with Gasteiger partial charge in [-0.2, -0.15) is 0 Å². The number of likely N-dealkylation sites (tertiary alicyclic amines) is 1. The van der Waals surface area contributed by atoms with Gasteiger partial charge in [-0.25, -0.2) is 0 Å². The molecule has 1 aliphatic carbocycles. The van der Waals surface area contributed by atoms with Crippen LogP contribution in [0.25, 0.3) is 0 Å². The second kappa shape index (κ2) is 4.19. The number of hydrogen-bond acceptors (Lipinski definition) is 2. The number of alkyl halides is 1. The molecule has 1 heterocycles. The van der Waals surface area contributed by atoms with E-state index in [2.05, 4.69) is 15.9 Å². The third-order valence-corrected chi connectivity index (χ3v) is 3.91. The molecule has 0 aromatic carbocycles. The highest BCUT2D eigenvalue weighted by molar-refractivity contribution is 9.09. The van der Waals surface area contributed by atoms with E-state index in [1.807, 2.05) is 4.90 Å². The first-order valence-corrected chi connectivity index (χ1v) is 6.29. The summed E-state index contributed by atoms with van der Waals surface area (Å²) in [5.41, 5.74) is 6.06. The standard InChI is InChI=1S/C10H17BrN2O/c11-7-5-10(14)13(6-7)9-4-2-1-3-8(9)12/h7-9H,1-6,12H2/t7?,8-,9+/m1/s1. The maximum Gasteiger partial charge on any atom is 0.224 e. The summed E-state index contributed by atoms with van der Waals surface area (Å²) in [7, 11) is 0. The van der Waals surface area contributed by atoms with Gasteiger partial charge >= 0.3 is 0 Å². The molecule has 0 aromatic heterocycles. The second-order valence-electron chi connectivity index (χ2n) is 4.36. The maximum atomic E-state index is 11.7. The lowest BCUT2D eigenvalue weighted by atomic mass is 9.90. The van der Waals surface area contributed by atoms with Crippen LogP contribution < -0.4 is 5.73 Å². The highest BCUT2D eigenvalue weighted by atomic mass is 79.9. The molecule has 0 spiro atoms. The van der Waals surface area contributed by atoms with E-state index in [1.54, 1.807) is 0 Å². The summed E-state index contributed by atoms with van der Waals surface area (Å²) in [4.78, 5) is 14.0. The molecule has 3 nitrogen and oxygen atoms in total. The summed E-state index contributed by atoms with van der Waals surface area (Å²) < 4.78 is 0. The molecule has 2 rings (SSSR count). The van der Waals surface area contributed by atoms with Crippen molar-refractivity contribution >= 4 is 21.8 Å². The molecule has 2 aliphatic rings. The smallest absolute Gasteiger partial charge is 0.224 e. The van der Waals surface area contributed by atoms with Gasteiger partial charge in [0.05, 0.1) is 0 Å². The average Bonchev–Trinajstić information content (AvgIpc) is 2.46. The summed E-state index contributed by atoms with van der Waals surface area (Å²) in [6.45, 7) is 0.844. The van der Waals surface area contributed by atoms with E-state index in [4.69, 9.17) is 5.73 Å². The van der Waals surface area contributed by atoms with Crippen molar-refractivity contribution in [2.45, 2.75) is 49.0 Å². The van der Waals surface area contributed by atoms with Crippen molar-refractivity contribution in [2.24, 2.45) is 5.73 Å². The van der Waals surface area contributed by atoms with Crippen LogP contribution in [0, 0.1) is 0 Å². The van der Waals surface area contributed by atoms with Crippen molar-refractivity contribution in [3.8, 4) is 0 Å². The summed E-state index contributed by atoms with van der Waals surface area (Å²) in [5, 5.41) is 0. The molecular formula is C10H17BrN2O. The van der Waals surface area contributed by atoms with Gasteiger partial charge in [0.1, 0.15) is 0 Å². The molecule has 3 atom stereocenters. The van der Waals surface area contributed by atoms with Gasteiger partial charge in [-0.15, -0.1) is 0 Å². The molecule has 1 amide bonds. The van der Waals surface area contributed by atoms with Crippen LogP contribution in [0.15, 0.2) is 0 Å². The van der Waals surface area contributed by atoms with Gasteiger partial charge < -0.3 is 10.6 Å². The van der Waals surface area contributed by atoms with Gasteiger partial charge in [-0.1, -0.05) is 28.8 Å². The van der Waals surface area contributed by atoms with Crippen molar-refractivity contribution in [3.63, 3.8) is 0 Å². The first-order chi connectivity index (χ1) is 6.68. The van der Waals surface area contributed by atoms with E-state index in [9.17, 15) is 4.79 Å². The average molecular weight is 261 g/mol. The zero-order valence-electron chi connectivity index (χ0n) is 8.29. The minimum absolute atomic E-state index is 0.200. The molecule has 1 unspecified atom stereocenters. The van der Waals surface area contributed by atoms with Crippen molar-refractivity contribution in [1.29, 1.82) is 0 Å². The van der Waals surface area contributed by atoms with Gasteiger partial charge in [-0.05, 0) is 12.8 Å². The Morgan fingerprint density at radius 3 is 2.64 bits per heavy atom. The largest absolute Gasteiger partial charge is 0.337 e. The van der Waals surface area contributed by atoms with Crippen LogP contribution >= 0.6 is 15.9 Å². The predicted molar refractivity (Wildman–Crippen MR) is 59.3 cm³/mol. The Labute approximate surface area is 93.1 Å². The fourth-order valence-corrected chi connectivity index (χ4v) is 3.12. The zero-order chi connectivity index (χ0) is 10.1. The maximum absolute atomic E-state index is 11.7.